The van der Waals surface area contributed by atoms with E-state index in [9.17, 15) is 4.79 Å². The van der Waals surface area contributed by atoms with Crippen molar-refractivity contribution < 1.29 is 14.1 Å². The van der Waals surface area contributed by atoms with E-state index in [1.165, 1.54) is 0 Å². The van der Waals surface area contributed by atoms with Crippen LogP contribution in [0, 0.1) is 5.41 Å². The zero-order chi connectivity index (χ0) is 20.0. The molecule has 0 saturated carbocycles. The molecule has 148 valence electrons. The highest BCUT2D eigenvalue weighted by atomic mass is 16.5. The number of ether oxygens (including phenoxy) is 1. The molecule has 0 N–H and O–H groups in total. The molecule has 0 radical (unpaired) electrons. The van der Waals surface area contributed by atoms with Gasteiger partial charge < -0.3 is 14.2 Å². The Bertz CT molecular complexity index is 749. The number of hydrogen-bond donors (Lipinski definition) is 0. The molecular weight excluding hydrogens is 342 g/mol. The average molecular weight is 373 g/mol. The summed E-state index contributed by atoms with van der Waals surface area (Å²) in [6.45, 7) is 11.0. The van der Waals surface area contributed by atoms with Crippen molar-refractivity contribution in [3.63, 3.8) is 0 Å². The molecule has 27 heavy (non-hydrogen) atoms. The van der Waals surface area contributed by atoms with Crippen molar-refractivity contribution in [3.05, 3.63) is 30.2 Å². The molecule has 0 aliphatic carbocycles. The van der Waals surface area contributed by atoms with Crippen LogP contribution in [-0.4, -0.2) is 40.6 Å². The Morgan fingerprint density at radius 1 is 1.33 bits per heavy atom. The molecule has 0 unspecified atom stereocenters. The standard InChI is InChI=1S/C21H31N3O3/c1-7-15(2)24(19(25)14-21(3,4)5)12-11-18-22-20(23-27-18)16-9-8-10-17(13-16)26-6/h8-10,13,15H,7,11-12,14H2,1-6H3/t15-/m1/s1. The van der Waals surface area contributed by atoms with Gasteiger partial charge >= 0.3 is 0 Å². The van der Waals surface area contributed by atoms with Crippen LogP contribution >= 0.6 is 0 Å². The number of aromatic nitrogens is 2. The first-order valence-corrected chi connectivity index (χ1v) is 9.50. The minimum atomic E-state index is -0.0349. The molecular formula is C21H31N3O3. The molecule has 0 spiro atoms. The first kappa shape index (κ1) is 20.9. The molecule has 0 fully saturated rings. The lowest BCUT2D eigenvalue weighted by molar-refractivity contribution is -0.135. The number of amides is 1. The molecule has 0 aliphatic heterocycles. The van der Waals surface area contributed by atoms with Crippen LogP contribution in [0.25, 0.3) is 11.4 Å². The second kappa shape index (κ2) is 9.02. The summed E-state index contributed by atoms with van der Waals surface area (Å²) in [4.78, 5) is 19.1. The third-order valence-electron chi connectivity index (χ3n) is 4.49. The van der Waals surface area contributed by atoms with Crippen LogP contribution in [0.4, 0.5) is 0 Å². The zero-order valence-electron chi connectivity index (χ0n) is 17.3. The van der Waals surface area contributed by atoms with E-state index in [0.717, 1.165) is 17.7 Å². The highest BCUT2D eigenvalue weighted by molar-refractivity contribution is 5.77. The maximum Gasteiger partial charge on any atom is 0.228 e. The molecule has 1 amide bonds. The summed E-state index contributed by atoms with van der Waals surface area (Å²) < 4.78 is 10.6. The van der Waals surface area contributed by atoms with E-state index in [4.69, 9.17) is 9.26 Å². The summed E-state index contributed by atoms with van der Waals surface area (Å²) in [6, 6.07) is 7.72. The SMILES string of the molecule is CC[C@@H](C)N(CCc1nc(-c2cccc(OC)c2)no1)C(=O)CC(C)(C)C. The Morgan fingerprint density at radius 3 is 2.70 bits per heavy atom. The number of benzene rings is 1. The number of carbonyl (C=O) groups excluding carboxylic acids is 1. The minimum Gasteiger partial charge on any atom is -0.497 e. The van der Waals surface area contributed by atoms with Crippen molar-refractivity contribution in [3.8, 4) is 17.1 Å². The Kier molecular flexibility index (Phi) is 6.99. The predicted molar refractivity (Wildman–Crippen MR) is 106 cm³/mol. The van der Waals surface area contributed by atoms with E-state index in [-0.39, 0.29) is 17.4 Å². The van der Waals surface area contributed by atoms with E-state index in [2.05, 4.69) is 44.8 Å². The van der Waals surface area contributed by atoms with Crippen LogP contribution in [0.2, 0.25) is 0 Å². The largest absolute Gasteiger partial charge is 0.497 e. The Morgan fingerprint density at radius 2 is 2.07 bits per heavy atom. The lowest BCUT2D eigenvalue weighted by atomic mass is 9.91. The highest BCUT2D eigenvalue weighted by Crippen LogP contribution is 2.23. The van der Waals surface area contributed by atoms with E-state index in [0.29, 0.717) is 31.1 Å². The second-order valence-electron chi connectivity index (χ2n) is 8.08. The topological polar surface area (TPSA) is 68.5 Å². The van der Waals surface area contributed by atoms with Crippen molar-refractivity contribution in [2.45, 2.75) is 59.9 Å². The molecule has 0 saturated heterocycles. The van der Waals surface area contributed by atoms with E-state index in [1.807, 2.05) is 29.2 Å². The fourth-order valence-electron chi connectivity index (χ4n) is 2.82. The molecule has 2 aromatic rings. The molecule has 1 atom stereocenters. The Labute approximate surface area is 161 Å². The van der Waals surface area contributed by atoms with Crippen LogP contribution in [0.1, 0.15) is 53.4 Å². The van der Waals surface area contributed by atoms with Gasteiger partial charge in [-0.25, -0.2) is 0 Å². The highest BCUT2D eigenvalue weighted by Gasteiger charge is 2.24. The van der Waals surface area contributed by atoms with Gasteiger partial charge in [0.1, 0.15) is 5.75 Å². The van der Waals surface area contributed by atoms with Crippen LogP contribution < -0.4 is 4.74 Å². The number of carbonyl (C=O) groups is 1. The lowest BCUT2D eigenvalue weighted by Gasteiger charge is -2.31. The molecule has 2 rings (SSSR count). The number of nitrogens with zero attached hydrogens (tertiary/aromatic N) is 3. The fourth-order valence-corrected chi connectivity index (χ4v) is 2.82. The minimum absolute atomic E-state index is 0.0349. The molecule has 6 nitrogen and oxygen atoms in total. The maximum absolute atomic E-state index is 12.7. The summed E-state index contributed by atoms with van der Waals surface area (Å²) in [7, 11) is 1.62. The van der Waals surface area contributed by atoms with Crippen molar-refractivity contribution in [1.82, 2.24) is 15.0 Å². The monoisotopic (exact) mass is 373 g/mol. The Balaban J connectivity index is 2.06. The van der Waals surface area contributed by atoms with Gasteiger partial charge in [-0.2, -0.15) is 4.98 Å². The quantitative estimate of drug-likeness (QED) is 0.688. The van der Waals surface area contributed by atoms with E-state index >= 15 is 0 Å². The fraction of sp³-hybridized carbons (Fsp3) is 0.571. The first-order chi connectivity index (χ1) is 12.7. The van der Waals surface area contributed by atoms with E-state index < -0.39 is 0 Å². The number of methoxy groups -OCH3 is 1. The van der Waals surface area contributed by atoms with Crippen LogP contribution in [-0.2, 0) is 11.2 Å². The van der Waals surface area contributed by atoms with Gasteiger partial charge in [-0.1, -0.05) is 45.0 Å². The van der Waals surface area contributed by atoms with E-state index in [1.54, 1.807) is 7.11 Å². The third-order valence-corrected chi connectivity index (χ3v) is 4.49. The molecule has 0 aliphatic rings. The van der Waals surface area contributed by atoms with Gasteiger partial charge in [0.2, 0.25) is 17.6 Å². The van der Waals surface area contributed by atoms with Crippen molar-refractivity contribution in [1.29, 1.82) is 0 Å². The summed E-state index contributed by atoms with van der Waals surface area (Å²) in [5.74, 6) is 1.98. The van der Waals surface area contributed by atoms with Gasteiger partial charge in [-0.05, 0) is 30.9 Å². The normalized spacial score (nSPS) is 12.7. The van der Waals surface area contributed by atoms with Crippen molar-refractivity contribution in [2.75, 3.05) is 13.7 Å². The van der Waals surface area contributed by atoms with Gasteiger partial charge in [0.25, 0.3) is 0 Å². The van der Waals surface area contributed by atoms with Gasteiger partial charge in [0.15, 0.2) is 0 Å². The Hall–Kier alpha value is -2.37. The lowest BCUT2D eigenvalue weighted by Crippen LogP contribution is -2.41. The van der Waals surface area contributed by atoms with Crippen molar-refractivity contribution >= 4 is 5.91 Å². The average Bonchev–Trinajstić information content (AvgIpc) is 3.09. The summed E-state index contributed by atoms with van der Waals surface area (Å²) in [6.07, 6.45) is 1.97. The van der Waals surface area contributed by atoms with Gasteiger partial charge in [0.05, 0.1) is 7.11 Å². The molecule has 1 heterocycles. The first-order valence-electron chi connectivity index (χ1n) is 9.50. The number of rotatable bonds is 8. The molecule has 6 heteroatoms. The van der Waals surface area contributed by atoms with Crippen LogP contribution in [0.3, 0.4) is 0 Å². The van der Waals surface area contributed by atoms with Gasteiger partial charge in [-0.3, -0.25) is 4.79 Å². The predicted octanol–water partition coefficient (Wildman–Crippen LogP) is 4.35. The van der Waals surface area contributed by atoms with Crippen LogP contribution in [0.5, 0.6) is 5.75 Å². The maximum atomic E-state index is 12.7. The van der Waals surface area contributed by atoms with Gasteiger partial charge in [0, 0.05) is 31.0 Å². The van der Waals surface area contributed by atoms with Crippen molar-refractivity contribution in [2.24, 2.45) is 5.41 Å². The molecule has 1 aromatic heterocycles. The zero-order valence-corrected chi connectivity index (χ0v) is 17.3. The molecule has 1 aromatic carbocycles. The number of hydrogen-bond acceptors (Lipinski definition) is 5. The molecule has 0 bridgehead atoms. The third kappa shape index (κ3) is 6.08. The summed E-state index contributed by atoms with van der Waals surface area (Å²) >= 11 is 0. The van der Waals surface area contributed by atoms with Crippen LogP contribution in [0.15, 0.2) is 28.8 Å². The second-order valence-corrected chi connectivity index (χ2v) is 8.08. The summed E-state index contributed by atoms with van der Waals surface area (Å²) in [5.41, 5.74) is 0.805. The smallest absolute Gasteiger partial charge is 0.228 e. The van der Waals surface area contributed by atoms with Gasteiger partial charge in [-0.15, -0.1) is 0 Å². The summed E-state index contributed by atoms with van der Waals surface area (Å²) in [5, 5.41) is 4.06.